The Morgan fingerprint density at radius 3 is 2.78 bits per heavy atom. The summed E-state index contributed by atoms with van der Waals surface area (Å²) >= 11 is 5.26. The van der Waals surface area contributed by atoms with Crippen LogP contribution in [0.1, 0.15) is 18.7 Å². The molecule has 1 heterocycles. The summed E-state index contributed by atoms with van der Waals surface area (Å²) in [7, 11) is 1.76. The zero-order valence-electron chi connectivity index (χ0n) is 11.4. The molecule has 1 aromatic rings. The second kappa shape index (κ2) is 9.04. The predicted octanol–water partition coefficient (Wildman–Crippen LogP) is 2.96. The molecule has 5 heteroatoms. The monoisotopic (exact) mass is 334 g/mol. The van der Waals surface area contributed by atoms with Crippen molar-refractivity contribution in [3.63, 3.8) is 0 Å². The van der Waals surface area contributed by atoms with Gasteiger partial charge in [-0.05, 0) is 35.8 Å². The lowest BCUT2D eigenvalue weighted by molar-refractivity contribution is 0.130. The van der Waals surface area contributed by atoms with Crippen LogP contribution in [-0.2, 0) is 11.3 Å². The molecule has 0 aliphatic carbocycles. The molecular weight excluding hydrogens is 312 g/mol. The number of hydrogen-bond donors (Lipinski definition) is 1. The van der Waals surface area contributed by atoms with Gasteiger partial charge in [0.1, 0.15) is 0 Å². The quantitative estimate of drug-likeness (QED) is 0.702. The van der Waals surface area contributed by atoms with Crippen LogP contribution < -0.4 is 5.32 Å². The molecule has 104 valence electrons. The van der Waals surface area contributed by atoms with Gasteiger partial charge in [-0.1, -0.05) is 0 Å². The van der Waals surface area contributed by atoms with E-state index in [-0.39, 0.29) is 0 Å². The second-order valence-electron chi connectivity index (χ2n) is 4.53. The summed E-state index contributed by atoms with van der Waals surface area (Å²) in [5, 5.41) is 5.60. The van der Waals surface area contributed by atoms with E-state index in [9.17, 15) is 0 Å². The summed E-state index contributed by atoms with van der Waals surface area (Å²) in [4.78, 5) is 3.80. The van der Waals surface area contributed by atoms with E-state index < -0.39 is 0 Å². The highest BCUT2D eigenvalue weighted by atomic mass is 79.9. The van der Waals surface area contributed by atoms with Gasteiger partial charge >= 0.3 is 0 Å². The van der Waals surface area contributed by atoms with Crippen molar-refractivity contribution in [1.29, 1.82) is 0 Å². The minimum Gasteiger partial charge on any atom is -0.383 e. The molecular formula is C13H23BrN2OS. The summed E-state index contributed by atoms with van der Waals surface area (Å²) in [5.41, 5.74) is 0. The first-order valence-electron chi connectivity index (χ1n) is 6.30. The lowest BCUT2D eigenvalue weighted by Crippen LogP contribution is -2.38. The number of nitrogens with one attached hydrogen (secondary N) is 1. The largest absolute Gasteiger partial charge is 0.383 e. The molecule has 18 heavy (non-hydrogen) atoms. The van der Waals surface area contributed by atoms with Crippen LogP contribution in [0.2, 0.25) is 0 Å². The van der Waals surface area contributed by atoms with Gasteiger partial charge < -0.3 is 10.1 Å². The maximum Gasteiger partial charge on any atom is 0.0589 e. The van der Waals surface area contributed by atoms with Crippen molar-refractivity contribution in [2.45, 2.75) is 26.4 Å². The lowest BCUT2D eigenvalue weighted by Gasteiger charge is -2.26. The molecule has 0 saturated heterocycles. The first-order valence-corrected chi connectivity index (χ1v) is 7.97. The summed E-state index contributed by atoms with van der Waals surface area (Å²) in [5.74, 6) is 0. The molecule has 0 fully saturated rings. The van der Waals surface area contributed by atoms with Crippen LogP contribution in [0.4, 0.5) is 0 Å². The molecule has 0 atom stereocenters. The summed E-state index contributed by atoms with van der Waals surface area (Å²) < 4.78 is 6.31. The van der Waals surface area contributed by atoms with Crippen molar-refractivity contribution in [2.75, 3.05) is 33.4 Å². The number of halogens is 1. The number of nitrogens with zero attached hydrogens (tertiary/aromatic N) is 1. The van der Waals surface area contributed by atoms with E-state index in [1.807, 2.05) is 0 Å². The van der Waals surface area contributed by atoms with Crippen molar-refractivity contribution >= 4 is 27.3 Å². The highest BCUT2D eigenvalue weighted by Gasteiger charge is 2.08. The third-order valence-electron chi connectivity index (χ3n) is 2.81. The van der Waals surface area contributed by atoms with E-state index in [1.165, 1.54) is 9.35 Å². The second-order valence-corrected chi connectivity index (χ2v) is 6.44. The first kappa shape index (κ1) is 16.1. The predicted molar refractivity (Wildman–Crippen MR) is 82.3 cm³/mol. The Morgan fingerprint density at radius 1 is 1.44 bits per heavy atom. The number of rotatable bonds is 9. The third-order valence-corrected chi connectivity index (χ3v) is 4.51. The minimum atomic E-state index is 0.567. The van der Waals surface area contributed by atoms with E-state index in [4.69, 9.17) is 4.74 Å². The van der Waals surface area contributed by atoms with Gasteiger partial charge in [0.2, 0.25) is 0 Å². The Balaban J connectivity index is 2.18. The van der Waals surface area contributed by atoms with Gasteiger partial charge in [0.15, 0.2) is 0 Å². The van der Waals surface area contributed by atoms with Crippen LogP contribution in [0.15, 0.2) is 15.9 Å². The zero-order valence-corrected chi connectivity index (χ0v) is 13.8. The molecule has 1 N–H and O–H groups in total. The molecule has 1 rings (SSSR count). The number of thiophene rings is 1. The topological polar surface area (TPSA) is 24.5 Å². The van der Waals surface area contributed by atoms with Crippen LogP contribution in [0.25, 0.3) is 0 Å². The van der Waals surface area contributed by atoms with Crippen LogP contribution in [0, 0.1) is 0 Å². The zero-order chi connectivity index (χ0) is 13.4. The molecule has 1 aromatic heterocycles. The van der Waals surface area contributed by atoms with Gasteiger partial charge in [0.25, 0.3) is 0 Å². The fourth-order valence-electron chi connectivity index (χ4n) is 1.72. The SMILES string of the molecule is COCCN(CCNCc1cc(Br)cs1)C(C)C. The van der Waals surface area contributed by atoms with Crippen molar-refractivity contribution in [2.24, 2.45) is 0 Å². The van der Waals surface area contributed by atoms with Crippen molar-refractivity contribution in [3.05, 3.63) is 20.8 Å². The average Bonchev–Trinajstić information content (AvgIpc) is 2.73. The van der Waals surface area contributed by atoms with Crippen LogP contribution in [0.3, 0.4) is 0 Å². The number of hydrogen-bond acceptors (Lipinski definition) is 4. The Labute approximate surface area is 123 Å². The van der Waals surface area contributed by atoms with E-state index in [0.717, 1.165) is 32.8 Å². The van der Waals surface area contributed by atoms with E-state index >= 15 is 0 Å². The third kappa shape index (κ3) is 6.29. The fraction of sp³-hybridized carbons (Fsp3) is 0.692. The highest BCUT2D eigenvalue weighted by Crippen LogP contribution is 2.19. The van der Waals surface area contributed by atoms with Crippen LogP contribution >= 0.6 is 27.3 Å². The van der Waals surface area contributed by atoms with E-state index in [1.54, 1.807) is 18.4 Å². The normalized spacial score (nSPS) is 11.7. The van der Waals surface area contributed by atoms with Crippen molar-refractivity contribution in [1.82, 2.24) is 10.2 Å². The van der Waals surface area contributed by atoms with Crippen LogP contribution in [-0.4, -0.2) is 44.3 Å². The fourth-order valence-corrected chi connectivity index (χ4v) is 3.14. The molecule has 0 amide bonds. The van der Waals surface area contributed by atoms with Gasteiger partial charge in [0.05, 0.1) is 6.61 Å². The number of methoxy groups -OCH3 is 1. The molecule has 0 radical (unpaired) electrons. The molecule has 0 bridgehead atoms. The van der Waals surface area contributed by atoms with Gasteiger partial charge in [-0.2, -0.15) is 0 Å². The Morgan fingerprint density at radius 2 is 2.22 bits per heavy atom. The number of ether oxygens (including phenoxy) is 1. The van der Waals surface area contributed by atoms with Crippen molar-refractivity contribution in [3.8, 4) is 0 Å². The lowest BCUT2D eigenvalue weighted by atomic mass is 10.3. The maximum absolute atomic E-state index is 5.14. The van der Waals surface area contributed by atoms with E-state index in [2.05, 4.69) is 51.4 Å². The van der Waals surface area contributed by atoms with Gasteiger partial charge in [-0.25, -0.2) is 0 Å². The smallest absolute Gasteiger partial charge is 0.0589 e. The molecule has 0 aliphatic heterocycles. The summed E-state index contributed by atoms with van der Waals surface area (Å²) in [6.07, 6.45) is 0. The highest BCUT2D eigenvalue weighted by molar-refractivity contribution is 9.10. The van der Waals surface area contributed by atoms with Gasteiger partial charge in [0, 0.05) is 54.1 Å². The molecule has 3 nitrogen and oxygen atoms in total. The molecule has 0 saturated carbocycles. The Kier molecular flexibility index (Phi) is 8.10. The first-order chi connectivity index (χ1) is 8.63. The van der Waals surface area contributed by atoms with Gasteiger partial charge in [-0.3, -0.25) is 4.90 Å². The Bertz CT molecular complexity index is 331. The molecule has 0 unspecified atom stereocenters. The molecule has 0 aliphatic rings. The summed E-state index contributed by atoms with van der Waals surface area (Å²) in [6.45, 7) is 9.28. The van der Waals surface area contributed by atoms with E-state index in [0.29, 0.717) is 6.04 Å². The van der Waals surface area contributed by atoms with Crippen LogP contribution in [0.5, 0.6) is 0 Å². The minimum absolute atomic E-state index is 0.567. The van der Waals surface area contributed by atoms with Gasteiger partial charge in [-0.15, -0.1) is 11.3 Å². The molecule has 0 aromatic carbocycles. The summed E-state index contributed by atoms with van der Waals surface area (Å²) in [6, 6.07) is 2.74. The Hall–Kier alpha value is 0.0600. The maximum atomic E-state index is 5.14. The standard InChI is InChI=1S/C13H23BrN2OS/c1-11(2)16(6-7-17-3)5-4-15-9-13-8-12(14)10-18-13/h8,10-11,15H,4-7,9H2,1-3H3. The van der Waals surface area contributed by atoms with Crippen molar-refractivity contribution < 1.29 is 4.74 Å². The average molecular weight is 335 g/mol. The molecule has 0 spiro atoms.